The van der Waals surface area contributed by atoms with Gasteiger partial charge < -0.3 is 15.0 Å². The molecule has 0 bridgehead atoms. The largest absolute Gasteiger partial charge is 0.381 e. The topological polar surface area (TPSA) is 61.3 Å². The first kappa shape index (κ1) is 8.72. The average molecular weight is 182 g/mol. The van der Waals surface area contributed by atoms with Gasteiger partial charge in [-0.15, -0.1) is 0 Å². The molecule has 0 amide bonds. The van der Waals surface area contributed by atoms with E-state index in [0.717, 1.165) is 37.4 Å². The Balaban J connectivity index is 1.99. The molecule has 1 aliphatic heterocycles. The second kappa shape index (κ2) is 3.89. The van der Waals surface area contributed by atoms with Crippen LogP contribution in [0, 0.1) is 5.92 Å². The summed E-state index contributed by atoms with van der Waals surface area (Å²) in [5.74, 6) is 1.51. The molecule has 13 heavy (non-hydrogen) atoms. The zero-order valence-corrected chi connectivity index (χ0v) is 7.53. The van der Waals surface area contributed by atoms with Crippen molar-refractivity contribution in [2.24, 2.45) is 11.7 Å². The van der Waals surface area contributed by atoms with E-state index in [1.807, 2.05) is 0 Å². The first-order valence-electron chi connectivity index (χ1n) is 4.60. The van der Waals surface area contributed by atoms with Crippen molar-refractivity contribution < 1.29 is 9.26 Å². The number of aromatic nitrogens is 1. The van der Waals surface area contributed by atoms with Crippen molar-refractivity contribution in [1.82, 2.24) is 5.16 Å². The van der Waals surface area contributed by atoms with Crippen LogP contribution in [0.5, 0.6) is 0 Å². The molecule has 1 fully saturated rings. The normalized spacial score (nSPS) is 22.4. The molecule has 2 rings (SSSR count). The van der Waals surface area contributed by atoms with Crippen LogP contribution >= 0.6 is 0 Å². The van der Waals surface area contributed by atoms with Gasteiger partial charge in [-0.3, -0.25) is 0 Å². The van der Waals surface area contributed by atoms with Gasteiger partial charge in [0.2, 0.25) is 0 Å². The molecule has 1 unspecified atom stereocenters. The van der Waals surface area contributed by atoms with E-state index < -0.39 is 0 Å². The lowest BCUT2D eigenvalue weighted by Crippen LogP contribution is -2.06. The first-order valence-corrected chi connectivity index (χ1v) is 4.60. The summed E-state index contributed by atoms with van der Waals surface area (Å²) in [6.07, 6.45) is 3.72. The van der Waals surface area contributed by atoms with Crippen LogP contribution in [0.4, 0.5) is 0 Å². The molecule has 2 heterocycles. The highest BCUT2D eigenvalue weighted by molar-refractivity contribution is 5.13. The third kappa shape index (κ3) is 1.89. The molecule has 0 aliphatic carbocycles. The fourth-order valence-electron chi connectivity index (χ4n) is 1.63. The predicted molar refractivity (Wildman–Crippen MR) is 47.0 cm³/mol. The van der Waals surface area contributed by atoms with E-state index >= 15 is 0 Å². The summed E-state index contributed by atoms with van der Waals surface area (Å²) in [7, 11) is 0. The molecule has 72 valence electrons. The van der Waals surface area contributed by atoms with Gasteiger partial charge in [0.1, 0.15) is 5.76 Å². The SMILES string of the molecule is NCc1cnoc1CC1CCOC1. The second-order valence-electron chi connectivity index (χ2n) is 3.41. The predicted octanol–water partition coefficient (Wildman–Crippen LogP) is 0.712. The Labute approximate surface area is 77.0 Å². The summed E-state index contributed by atoms with van der Waals surface area (Å²) >= 11 is 0. The van der Waals surface area contributed by atoms with E-state index in [-0.39, 0.29) is 0 Å². The van der Waals surface area contributed by atoms with Gasteiger partial charge in [0, 0.05) is 31.7 Å². The Kier molecular flexibility index (Phi) is 2.61. The van der Waals surface area contributed by atoms with Crippen LogP contribution in [0.1, 0.15) is 17.7 Å². The number of ether oxygens (including phenoxy) is 1. The minimum atomic E-state index is 0.506. The van der Waals surface area contributed by atoms with E-state index in [1.54, 1.807) is 6.20 Å². The Hall–Kier alpha value is -0.870. The highest BCUT2D eigenvalue weighted by Crippen LogP contribution is 2.20. The third-order valence-electron chi connectivity index (χ3n) is 2.45. The van der Waals surface area contributed by atoms with Crippen LogP contribution in [-0.4, -0.2) is 18.4 Å². The lowest BCUT2D eigenvalue weighted by atomic mass is 10.0. The van der Waals surface area contributed by atoms with Gasteiger partial charge in [-0.2, -0.15) is 0 Å². The second-order valence-corrected chi connectivity index (χ2v) is 3.41. The number of nitrogens with two attached hydrogens (primary N) is 1. The van der Waals surface area contributed by atoms with E-state index in [0.29, 0.717) is 12.5 Å². The summed E-state index contributed by atoms with van der Waals surface area (Å²) in [6, 6.07) is 0. The van der Waals surface area contributed by atoms with E-state index in [4.69, 9.17) is 15.0 Å². The molecule has 1 atom stereocenters. The van der Waals surface area contributed by atoms with Crippen LogP contribution in [0.2, 0.25) is 0 Å². The first-order chi connectivity index (χ1) is 6.40. The minimum Gasteiger partial charge on any atom is -0.381 e. The molecule has 1 saturated heterocycles. The van der Waals surface area contributed by atoms with Gasteiger partial charge >= 0.3 is 0 Å². The number of hydrogen-bond donors (Lipinski definition) is 1. The molecule has 0 saturated carbocycles. The van der Waals surface area contributed by atoms with Crippen LogP contribution < -0.4 is 5.73 Å². The molecule has 1 aromatic rings. The Morgan fingerprint density at radius 2 is 2.54 bits per heavy atom. The highest BCUT2D eigenvalue weighted by Gasteiger charge is 2.19. The van der Waals surface area contributed by atoms with E-state index in [1.165, 1.54) is 0 Å². The molecule has 1 aliphatic rings. The van der Waals surface area contributed by atoms with Gasteiger partial charge in [-0.1, -0.05) is 5.16 Å². The smallest absolute Gasteiger partial charge is 0.141 e. The Bertz CT molecular complexity index is 266. The third-order valence-corrected chi connectivity index (χ3v) is 2.45. The van der Waals surface area contributed by atoms with Crippen molar-refractivity contribution in [1.29, 1.82) is 0 Å². The Morgan fingerprint density at radius 3 is 3.23 bits per heavy atom. The van der Waals surface area contributed by atoms with Crippen molar-refractivity contribution in [3.63, 3.8) is 0 Å². The van der Waals surface area contributed by atoms with Gasteiger partial charge in [-0.05, 0) is 12.3 Å². The number of nitrogens with zero attached hydrogens (tertiary/aromatic N) is 1. The summed E-state index contributed by atoms with van der Waals surface area (Å²) in [5, 5.41) is 3.74. The fraction of sp³-hybridized carbons (Fsp3) is 0.667. The summed E-state index contributed by atoms with van der Waals surface area (Å²) in [5.41, 5.74) is 6.56. The molecule has 4 heteroatoms. The van der Waals surface area contributed by atoms with Crippen molar-refractivity contribution in [2.75, 3.05) is 13.2 Å². The molecular formula is C9H14N2O2. The van der Waals surface area contributed by atoms with Gasteiger partial charge in [0.25, 0.3) is 0 Å². The van der Waals surface area contributed by atoms with Crippen molar-refractivity contribution in [3.05, 3.63) is 17.5 Å². The van der Waals surface area contributed by atoms with Crippen LogP contribution in [0.15, 0.2) is 10.7 Å². The maximum atomic E-state index is 5.54. The van der Waals surface area contributed by atoms with Crippen molar-refractivity contribution in [2.45, 2.75) is 19.4 Å². The molecule has 4 nitrogen and oxygen atoms in total. The van der Waals surface area contributed by atoms with Crippen LogP contribution in [-0.2, 0) is 17.7 Å². The monoisotopic (exact) mass is 182 g/mol. The maximum Gasteiger partial charge on any atom is 0.141 e. The lowest BCUT2D eigenvalue weighted by molar-refractivity contribution is 0.184. The molecule has 0 radical (unpaired) electrons. The molecular weight excluding hydrogens is 168 g/mol. The number of hydrogen-bond acceptors (Lipinski definition) is 4. The van der Waals surface area contributed by atoms with Gasteiger partial charge in [0.15, 0.2) is 0 Å². The summed E-state index contributed by atoms with van der Waals surface area (Å²) in [6.45, 7) is 2.22. The molecule has 1 aromatic heterocycles. The van der Waals surface area contributed by atoms with Crippen molar-refractivity contribution >= 4 is 0 Å². The van der Waals surface area contributed by atoms with E-state index in [9.17, 15) is 0 Å². The quantitative estimate of drug-likeness (QED) is 0.748. The molecule has 0 aromatic carbocycles. The zero-order chi connectivity index (χ0) is 9.10. The minimum absolute atomic E-state index is 0.506. The standard InChI is InChI=1S/C9H14N2O2/c10-4-8-5-11-13-9(8)3-7-1-2-12-6-7/h5,7H,1-4,6,10H2. The van der Waals surface area contributed by atoms with Crippen LogP contribution in [0.3, 0.4) is 0 Å². The highest BCUT2D eigenvalue weighted by atomic mass is 16.5. The zero-order valence-electron chi connectivity index (χ0n) is 7.53. The van der Waals surface area contributed by atoms with Crippen molar-refractivity contribution in [3.8, 4) is 0 Å². The van der Waals surface area contributed by atoms with Crippen LogP contribution in [0.25, 0.3) is 0 Å². The molecule has 2 N–H and O–H groups in total. The summed E-state index contributed by atoms with van der Waals surface area (Å²) < 4.78 is 10.4. The summed E-state index contributed by atoms with van der Waals surface area (Å²) in [4.78, 5) is 0. The van der Waals surface area contributed by atoms with Gasteiger partial charge in [0.05, 0.1) is 6.20 Å². The fourth-order valence-corrected chi connectivity index (χ4v) is 1.63. The average Bonchev–Trinajstić information content (AvgIpc) is 2.76. The lowest BCUT2D eigenvalue weighted by Gasteiger charge is -2.04. The van der Waals surface area contributed by atoms with E-state index in [2.05, 4.69) is 5.16 Å². The maximum absolute atomic E-state index is 5.54. The van der Waals surface area contributed by atoms with Gasteiger partial charge in [-0.25, -0.2) is 0 Å². The number of rotatable bonds is 3. The molecule has 0 spiro atoms. The Morgan fingerprint density at radius 1 is 1.62 bits per heavy atom.